The molecule has 0 aliphatic carbocycles. The summed E-state index contributed by atoms with van der Waals surface area (Å²) in [7, 11) is -9.08. The average molecular weight is 601 g/mol. The quantitative estimate of drug-likeness (QED) is 0.140. The number of thiophene rings is 1. The maximum Gasteiger partial charge on any atom is 0.391 e. The molecular formula is C24H30FN4O7PS2. The van der Waals surface area contributed by atoms with Crippen molar-refractivity contribution in [3.8, 4) is 23.3 Å². The summed E-state index contributed by atoms with van der Waals surface area (Å²) < 4.78 is 71.9. The summed E-state index contributed by atoms with van der Waals surface area (Å²) in [6, 6.07) is 11.0. The van der Waals surface area contributed by atoms with E-state index in [9.17, 15) is 23.1 Å². The number of hydrogen-bond donors (Lipinski definition) is 4. The lowest BCUT2D eigenvalue weighted by Crippen LogP contribution is -2.25. The minimum Gasteiger partial charge on any atom is -0.490 e. The molecule has 0 fully saturated rings. The first-order valence-corrected chi connectivity index (χ1v) is 16.1. The average Bonchev–Trinajstić information content (AvgIpc) is 3.25. The Bertz CT molecular complexity index is 1460. The van der Waals surface area contributed by atoms with Crippen molar-refractivity contribution in [3.63, 3.8) is 0 Å². The molecule has 15 heteroatoms. The first-order valence-electron chi connectivity index (χ1n) is 12.0. The van der Waals surface area contributed by atoms with Crippen molar-refractivity contribution in [2.24, 2.45) is 11.5 Å². The molecule has 3 rings (SSSR count). The number of ether oxygens (including phenoxy) is 2. The zero-order valence-electron chi connectivity index (χ0n) is 21.0. The highest BCUT2D eigenvalue weighted by Gasteiger charge is 2.32. The first kappa shape index (κ1) is 30.8. The lowest BCUT2D eigenvalue weighted by molar-refractivity contribution is 0.261. The van der Waals surface area contributed by atoms with Crippen LogP contribution < -0.4 is 30.2 Å². The van der Waals surface area contributed by atoms with Gasteiger partial charge < -0.3 is 30.4 Å². The molecule has 11 nitrogen and oxygen atoms in total. The lowest BCUT2D eigenvalue weighted by atomic mass is 10.1. The van der Waals surface area contributed by atoms with E-state index >= 15 is 4.39 Å². The number of halogens is 1. The smallest absolute Gasteiger partial charge is 0.391 e. The van der Waals surface area contributed by atoms with E-state index in [1.165, 1.54) is 18.2 Å². The van der Waals surface area contributed by atoms with Gasteiger partial charge in [0.25, 0.3) is 10.0 Å². The number of nitrogens with zero attached hydrogens (tertiary/aromatic N) is 1. The molecule has 0 saturated carbocycles. The summed E-state index contributed by atoms with van der Waals surface area (Å²) in [6.45, 7) is 1.35. The van der Waals surface area contributed by atoms with Gasteiger partial charge in [-0.25, -0.2) is 17.4 Å². The molecule has 212 valence electrons. The molecule has 0 aliphatic rings. The molecule has 0 amide bonds. The lowest BCUT2D eigenvalue weighted by Gasteiger charge is -2.15. The van der Waals surface area contributed by atoms with E-state index in [2.05, 4.69) is 0 Å². The van der Waals surface area contributed by atoms with E-state index in [1.807, 2.05) is 10.8 Å². The molecular weight excluding hydrogens is 570 g/mol. The predicted molar refractivity (Wildman–Crippen MR) is 146 cm³/mol. The highest BCUT2D eigenvalue weighted by atomic mass is 32.2. The van der Waals surface area contributed by atoms with E-state index in [-0.39, 0.29) is 46.1 Å². The Morgan fingerprint density at radius 1 is 1.08 bits per heavy atom. The summed E-state index contributed by atoms with van der Waals surface area (Å²) in [6.07, 6.45) is 1.56. The number of benzene rings is 2. The Morgan fingerprint density at radius 2 is 1.72 bits per heavy atom. The van der Waals surface area contributed by atoms with Crippen LogP contribution in [-0.4, -0.2) is 45.9 Å². The fraction of sp³-hybridized carbons (Fsp3) is 0.375. The minimum absolute atomic E-state index is 0.000465. The number of nitrogens with one attached hydrogen (secondary N) is 1. The van der Waals surface area contributed by atoms with E-state index in [0.717, 1.165) is 0 Å². The number of nitrogens with two attached hydrogens (primary N) is 2. The van der Waals surface area contributed by atoms with Gasteiger partial charge in [-0.15, -0.1) is 11.3 Å². The zero-order chi connectivity index (χ0) is 28.5. The molecule has 0 aliphatic heterocycles. The first-order chi connectivity index (χ1) is 18.6. The molecule has 0 bridgehead atoms. The molecule has 3 aromatic rings. The van der Waals surface area contributed by atoms with Crippen molar-refractivity contribution in [1.29, 1.82) is 5.26 Å². The molecule has 1 heterocycles. The van der Waals surface area contributed by atoms with Gasteiger partial charge in [0, 0.05) is 10.8 Å². The number of fused-ring (bicyclic) bond motifs is 1. The van der Waals surface area contributed by atoms with Gasteiger partial charge in [0.2, 0.25) is 0 Å². The third-order valence-corrected chi connectivity index (χ3v) is 9.59. The zero-order valence-corrected chi connectivity index (χ0v) is 23.5. The third-order valence-electron chi connectivity index (χ3n) is 5.31. The standard InChI is InChI=1S/C24H30FN4O7PS2/c25-22-21-18(15-28)23(35-13-7-5-11-27)19(34-12-6-4-10-26)14-20(21)38-24(22)39(32,33)29-16-37(30,31)36-17-8-2-1-3-9-17/h1-3,8-9,14,29H,4-7,10-13,16,26-27H2,(H,30,31). The van der Waals surface area contributed by atoms with Gasteiger partial charge >= 0.3 is 7.60 Å². The van der Waals surface area contributed by atoms with Gasteiger partial charge in [-0.1, -0.05) is 18.2 Å². The number of rotatable bonds is 16. The van der Waals surface area contributed by atoms with Crippen LogP contribution in [0.4, 0.5) is 4.39 Å². The number of para-hydroxylation sites is 1. The van der Waals surface area contributed by atoms with Crippen LogP contribution in [-0.2, 0) is 14.6 Å². The number of nitriles is 1. The summed E-state index contributed by atoms with van der Waals surface area (Å²) in [5.74, 6) is -0.956. The van der Waals surface area contributed by atoms with Crippen LogP contribution in [0.3, 0.4) is 0 Å². The van der Waals surface area contributed by atoms with Crippen molar-refractivity contribution < 1.29 is 36.3 Å². The highest BCUT2D eigenvalue weighted by molar-refractivity contribution is 7.92. The van der Waals surface area contributed by atoms with Gasteiger partial charge in [0.15, 0.2) is 21.5 Å². The molecule has 6 N–H and O–H groups in total. The highest BCUT2D eigenvalue weighted by Crippen LogP contribution is 2.45. The molecule has 1 unspecified atom stereocenters. The van der Waals surface area contributed by atoms with Crippen molar-refractivity contribution in [2.45, 2.75) is 29.9 Å². The monoisotopic (exact) mass is 600 g/mol. The van der Waals surface area contributed by atoms with Gasteiger partial charge in [-0.3, -0.25) is 0 Å². The van der Waals surface area contributed by atoms with Crippen LogP contribution in [0.25, 0.3) is 10.1 Å². The fourth-order valence-electron chi connectivity index (χ4n) is 3.45. The Labute approximate surface area is 230 Å². The van der Waals surface area contributed by atoms with Gasteiger partial charge in [0.05, 0.1) is 18.6 Å². The van der Waals surface area contributed by atoms with Gasteiger partial charge in [-0.2, -0.15) is 9.98 Å². The van der Waals surface area contributed by atoms with Crippen molar-refractivity contribution in [1.82, 2.24) is 4.72 Å². The molecule has 1 aromatic heterocycles. The van der Waals surface area contributed by atoms with E-state index < -0.39 is 33.9 Å². The van der Waals surface area contributed by atoms with Crippen molar-refractivity contribution in [2.75, 3.05) is 32.6 Å². The minimum atomic E-state index is -4.62. The van der Waals surface area contributed by atoms with Crippen LogP contribution >= 0.6 is 18.9 Å². The van der Waals surface area contributed by atoms with Crippen LogP contribution in [0.1, 0.15) is 31.2 Å². The van der Waals surface area contributed by atoms with Crippen molar-refractivity contribution >= 4 is 39.0 Å². The van der Waals surface area contributed by atoms with E-state index in [4.69, 9.17) is 25.5 Å². The molecule has 0 radical (unpaired) electrons. The van der Waals surface area contributed by atoms with Crippen LogP contribution in [0.15, 0.2) is 40.6 Å². The number of sulfonamides is 1. The second-order valence-electron chi connectivity index (χ2n) is 8.30. The maximum absolute atomic E-state index is 15.6. The molecule has 2 aromatic carbocycles. The Balaban J connectivity index is 1.94. The Hall–Kier alpha value is -2.76. The molecule has 39 heavy (non-hydrogen) atoms. The Morgan fingerprint density at radius 3 is 2.33 bits per heavy atom. The number of unbranched alkanes of at least 4 members (excludes halogenated alkanes) is 2. The summed E-state index contributed by atoms with van der Waals surface area (Å²) in [4.78, 5) is 10.1. The maximum atomic E-state index is 15.6. The normalized spacial score (nSPS) is 13.1. The number of hydrogen-bond acceptors (Lipinski definition) is 10. The second-order valence-corrected chi connectivity index (χ2v) is 13.1. The van der Waals surface area contributed by atoms with Crippen LogP contribution in [0.2, 0.25) is 0 Å². The van der Waals surface area contributed by atoms with Crippen LogP contribution in [0.5, 0.6) is 17.2 Å². The third kappa shape index (κ3) is 8.12. The van der Waals surface area contributed by atoms with Crippen LogP contribution in [0, 0.1) is 17.1 Å². The fourth-order valence-corrected chi connectivity index (χ4v) is 7.50. The Kier molecular flexibility index (Phi) is 11.1. The van der Waals surface area contributed by atoms with Gasteiger partial charge in [-0.05, 0) is 50.9 Å². The largest absolute Gasteiger partial charge is 0.490 e. The molecule has 0 spiro atoms. The van der Waals surface area contributed by atoms with Crippen molar-refractivity contribution in [3.05, 3.63) is 47.8 Å². The molecule has 0 saturated heterocycles. The van der Waals surface area contributed by atoms with E-state index in [0.29, 0.717) is 50.1 Å². The molecule has 1 atom stereocenters. The summed E-state index contributed by atoms with van der Waals surface area (Å²) in [5.41, 5.74) is 10.8. The topological polar surface area (TPSA) is 187 Å². The van der Waals surface area contributed by atoms with E-state index in [1.54, 1.807) is 18.2 Å². The predicted octanol–water partition coefficient (Wildman–Crippen LogP) is 3.65. The SMILES string of the molecule is N#Cc1c(OCCCCN)c(OCCCCN)cc2sc(S(=O)(=O)NCP(=O)(O)Oc3ccccc3)c(F)c12. The second kappa shape index (κ2) is 14.0. The van der Waals surface area contributed by atoms with Gasteiger partial charge in [0.1, 0.15) is 23.7 Å². The summed E-state index contributed by atoms with van der Waals surface area (Å²) in [5, 5.41) is 9.65. The summed E-state index contributed by atoms with van der Waals surface area (Å²) >= 11 is 0.553.